The van der Waals surface area contributed by atoms with Gasteiger partial charge in [-0.05, 0) is 30.0 Å². The van der Waals surface area contributed by atoms with E-state index in [2.05, 4.69) is 23.8 Å². The van der Waals surface area contributed by atoms with Crippen LogP contribution in [0.25, 0.3) is 0 Å². The zero-order chi connectivity index (χ0) is 14.7. The SMILES string of the molecule is CC(C)Cc1cc(=S)nc(Cc2ccc(F)cc2F)[nH]1. The molecule has 1 N–H and O–H groups in total. The van der Waals surface area contributed by atoms with E-state index >= 15 is 0 Å². The van der Waals surface area contributed by atoms with Crippen molar-refractivity contribution in [1.29, 1.82) is 0 Å². The van der Waals surface area contributed by atoms with Gasteiger partial charge in [0.2, 0.25) is 0 Å². The summed E-state index contributed by atoms with van der Waals surface area (Å²) in [5, 5.41) is 0. The average Bonchev–Trinajstić information content (AvgIpc) is 2.31. The summed E-state index contributed by atoms with van der Waals surface area (Å²) in [5.74, 6) is -0.0711. The molecule has 2 aromatic rings. The lowest BCUT2D eigenvalue weighted by Crippen LogP contribution is -2.05. The Labute approximate surface area is 121 Å². The molecule has 20 heavy (non-hydrogen) atoms. The third-order valence-electron chi connectivity index (χ3n) is 2.85. The maximum absolute atomic E-state index is 13.6. The molecule has 0 unspecified atom stereocenters. The summed E-state index contributed by atoms with van der Waals surface area (Å²) in [6, 6.07) is 5.37. The summed E-state index contributed by atoms with van der Waals surface area (Å²) < 4.78 is 27.0. The van der Waals surface area contributed by atoms with Gasteiger partial charge in [-0.15, -0.1) is 0 Å². The van der Waals surface area contributed by atoms with Crippen LogP contribution in [0.5, 0.6) is 0 Å². The smallest absolute Gasteiger partial charge is 0.130 e. The summed E-state index contributed by atoms with van der Waals surface area (Å²) in [7, 11) is 0. The molecule has 106 valence electrons. The molecule has 0 aliphatic rings. The fourth-order valence-electron chi connectivity index (χ4n) is 2.04. The molecule has 0 fully saturated rings. The van der Waals surface area contributed by atoms with Gasteiger partial charge < -0.3 is 4.98 Å². The van der Waals surface area contributed by atoms with Crippen LogP contribution in [0.1, 0.15) is 30.9 Å². The topological polar surface area (TPSA) is 28.7 Å². The van der Waals surface area contributed by atoms with Crippen LogP contribution in [0.4, 0.5) is 8.78 Å². The number of benzene rings is 1. The molecule has 0 saturated carbocycles. The van der Waals surface area contributed by atoms with Crippen molar-refractivity contribution < 1.29 is 8.78 Å². The van der Waals surface area contributed by atoms with Gasteiger partial charge in [0.1, 0.15) is 22.1 Å². The van der Waals surface area contributed by atoms with E-state index in [1.54, 1.807) is 0 Å². The third kappa shape index (κ3) is 3.93. The highest BCUT2D eigenvalue weighted by Crippen LogP contribution is 2.14. The van der Waals surface area contributed by atoms with Crippen molar-refractivity contribution >= 4 is 12.2 Å². The van der Waals surface area contributed by atoms with Gasteiger partial charge >= 0.3 is 0 Å². The van der Waals surface area contributed by atoms with Crippen LogP contribution in [0, 0.1) is 22.2 Å². The van der Waals surface area contributed by atoms with Gasteiger partial charge in [-0.2, -0.15) is 0 Å². The van der Waals surface area contributed by atoms with Crippen molar-refractivity contribution in [1.82, 2.24) is 9.97 Å². The fourth-order valence-corrected chi connectivity index (χ4v) is 2.30. The molecule has 0 amide bonds. The number of H-pyrrole nitrogens is 1. The first kappa shape index (κ1) is 14.8. The highest BCUT2D eigenvalue weighted by molar-refractivity contribution is 7.71. The number of aromatic nitrogens is 2. The van der Waals surface area contributed by atoms with Crippen LogP contribution >= 0.6 is 12.2 Å². The summed E-state index contributed by atoms with van der Waals surface area (Å²) in [5.41, 5.74) is 1.38. The molecule has 2 nitrogen and oxygen atoms in total. The summed E-state index contributed by atoms with van der Waals surface area (Å²) in [6.45, 7) is 4.22. The molecule has 0 spiro atoms. The maximum atomic E-state index is 13.6. The Morgan fingerprint density at radius 3 is 2.65 bits per heavy atom. The fraction of sp³-hybridized carbons (Fsp3) is 0.333. The van der Waals surface area contributed by atoms with E-state index in [9.17, 15) is 8.78 Å². The molecule has 5 heteroatoms. The van der Waals surface area contributed by atoms with Crippen LogP contribution in [0.15, 0.2) is 24.3 Å². The molecular formula is C15H16F2N2S. The minimum absolute atomic E-state index is 0.266. The number of aromatic amines is 1. The largest absolute Gasteiger partial charge is 0.347 e. The summed E-state index contributed by atoms with van der Waals surface area (Å²) >= 11 is 5.12. The number of hydrogen-bond donors (Lipinski definition) is 1. The first-order chi connectivity index (χ1) is 9.44. The Morgan fingerprint density at radius 1 is 1.25 bits per heavy atom. The minimum atomic E-state index is -0.583. The normalized spacial score (nSPS) is 11.1. The number of hydrogen-bond acceptors (Lipinski definition) is 2. The van der Waals surface area contributed by atoms with Crippen molar-refractivity contribution in [2.45, 2.75) is 26.7 Å². The first-order valence-corrected chi connectivity index (χ1v) is 6.88. The standard InChI is InChI=1S/C15H16F2N2S/c1-9(2)5-12-8-15(20)19-14(18-12)6-10-3-4-11(16)7-13(10)17/h3-4,7-9H,5-6H2,1-2H3,(H,18,19,20). The lowest BCUT2D eigenvalue weighted by atomic mass is 10.1. The number of nitrogens with one attached hydrogen (secondary N) is 1. The molecule has 0 saturated heterocycles. The molecule has 0 atom stereocenters. The molecule has 1 aromatic carbocycles. The Kier molecular flexibility index (Phi) is 4.60. The Balaban J connectivity index is 2.29. The van der Waals surface area contributed by atoms with E-state index in [0.29, 0.717) is 21.9 Å². The molecule has 0 aliphatic heterocycles. The second kappa shape index (κ2) is 6.22. The molecule has 1 aromatic heterocycles. The lowest BCUT2D eigenvalue weighted by Gasteiger charge is -2.08. The molecular weight excluding hydrogens is 278 g/mol. The van der Waals surface area contributed by atoms with Crippen LogP contribution in [-0.4, -0.2) is 9.97 Å². The van der Waals surface area contributed by atoms with Gasteiger partial charge in [-0.3, -0.25) is 0 Å². The number of nitrogens with zero attached hydrogens (tertiary/aromatic N) is 1. The molecule has 1 heterocycles. The quantitative estimate of drug-likeness (QED) is 0.856. The Morgan fingerprint density at radius 2 is 2.00 bits per heavy atom. The van der Waals surface area contributed by atoms with Crippen molar-refractivity contribution in [2.24, 2.45) is 5.92 Å². The van der Waals surface area contributed by atoms with Gasteiger partial charge in [-0.25, -0.2) is 13.8 Å². The van der Waals surface area contributed by atoms with Crippen molar-refractivity contribution in [3.63, 3.8) is 0 Å². The van der Waals surface area contributed by atoms with E-state index in [1.165, 1.54) is 12.1 Å². The van der Waals surface area contributed by atoms with Gasteiger partial charge in [0.25, 0.3) is 0 Å². The van der Waals surface area contributed by atoms with Crippen LogP contribution in [-0.2, 0) is 12.8 Å². The number of halogens is 2. The van der Waals surface area contributed by atoms with Crippen LogP contribution in [0.3, 0.4) is 0 Å². The van der Waals surface area contributed by atoms with Gasteiger partial charge in [0.05, 0.1) is 0 Å². The number of rotatable bonds is 4. The minimum Gasteiger partial charge on any atom is -0.347 e. The summed E-state index contributed by atoms with van der Waals surface area (Å²) in [6.07, 6.45) is 1.12. The van der Waals surface area contributed by atoms with E-state index < -0.39 is 11.6 Å². The van der Waals surface area contributed by atoms with Gasteiger partial charge in [0.15, 0.2) is 0 Å². The van der Waals surface area contributed by atoms with Crippen molar-refractivity contribution in [3.8, 4) is 0 Å². The van der Waals surface area contributed by atoms with E-state index in [1.807, 2.05) is 6.07 Å². The average molecular weight is 294 g/mol. The molecule has 0 bridgehead atoms. The van der Waals surface area contributed by atoms with Crippen LogP contribution in [0.2, 0.25) is 0 Å². The van der Waals surface area contributed by atoms with E-state index in [0.717, 1.165) is 18.2 Å². The predicted octanol–water partition coefficient (Wildman–Crippen LogP) is 4.21. The summed E-state index contributed by atoms with van der Waals surface area (Å²) in [4.78, 5) is 7.37. The van der Waals surface area contributed by atoms with Crippen molar-refractivity contribution in [3.05, 3.63) is 57.6 Å². The monoisotopic (exact) mass is 294 g/mol. The van der Waals surface area contributed by atoms with Gasteiger partial charge in [0, 0.05) is 18.2 Å². The lowest BCUT2D eigenvalue weighted by molar-refractivity contribution is 0.573. The second-order valence-electron chi connectivity index (χ2n) is 5.20. The first-order valence-electron chi connectivity index (χ1n) is 6.47. The van der Waals surface area contributed by atoms with E-state index in [-0.39, 0.29) is 6.42 Å². The van der Waals surface area contributed by atoms with Crippen LogP contribution < -0.4 is 0 Å². The maximum Gasteiger partial charge on any atom is 0.130 e. The highest BCUT2D eigenvalue weighted by atomic mass is 32.1. The zero-order valence-electron chi connectivity index (χ0n) is 11.4. The molecule has 0 aliphatic carbocycles. The van der Waals surface area contributed by atoms with E-state index in [4.69, 9.17) is 12.2 Å². The Hall–Kier alpha value is -1.62. The van der Waals surface area contributed by atoms with Crippen molar-refractivity contribution in [2.75, 3.05) is 0 Å². The molecule has 2 rings (SSSR count). The Bertz CT molecular complexity index is 665. The van der Waals surface area contributed by atoms with Gasteiger partial charge in [-0.1, -0.05) is 32.1 Å². The third-order valence-corrected chi connectivity index (χ3v) is 3.06. The predicted molar refractivity (Wildman–Crippen MR) is 77.1 cm³/mol. The second-order valence-corrected chi connectivity index (χ2v) is 5.62. The zero-order valence-corrected chi connectivity index (χ0v) is 12.2. The molecule has 0 radical (unpaired) electrons. The highest BCUT2D eigenvalue weighted by Gasteiger charge is 2.08.